The molecule has 2 saturated heterocycles. The Morgan fingerprint density at radius 2 is 1.78 bits per heavy atom. The number of hydrogen-bond acceptors (Lipinski definition) is 4. The summed E-state index contributed by atoms with van der Waals surface area (Å²) in [4.78, 5) is 23.1. The zero-order valence-electron chi connectivity index (χ0n) is 16.1. The standard InChI is InChI=1S/C22H28N2OS2/c1-15-13-18-19(26-15)6-5-16-14-20(27-21(16)18)22(25)24-11-7-17(8-12-24)23-9-3-2-4-10-23/h13-14,17H,2-12H2,1H3. The Bertz CT molecular complexity index is 839. The summed E-state index contributed by atoms with van der Waals surface area (Å²) in [7, 11) is 0. The molecule has 2 aromatic heterocycles. The lowest BCUT2D eigenvalue weighted by atomic mass is 9.97. The predicted molar refractivity (Wildman–Crippen MR) is 114 cm³/mol. The van der Waals surface area contributed by atoms with Crippen LogP contribution in [0, 0.1) is 6.92 Å². The summed E-state index contributed by atoms with van der Waals surface area (Å²) in [6.45, 7) is 6.56. The van der Waals surface area contributed by atoms with Gasteiger partial charge in [-0.15, -0.1) is 22.7 Å². The summed E-state index contributed by atoms with van der Waals surface area (Å²) in [5.41, 5.74) is 2.78. The summed E-state index contributed by atoms with van der Waals surface area (Å²) in [5.74, 6) is 0.264. The Balaban J connectivity index is 1.28. The number of fused-ring (bicyclic) bond motifs is 3. The van der Waals surface area contributed by atoms with Crippen LogP contribution < -0.4 is 0 Å². The topological polar surface area (TPSA) is 23.6 Å². The molecule has 5 rings (SSSR count). The first-order valence-electron chi connectivity index (χ1n) is 10.4. The van der Waals surface area contributed by atoms with E-state index >= 15 is 0 Å². The van der Waals surface area contributed by atoms with E-state index in [4.69, 9.17) is 0 Å². The molecular weight excluding hydrogens is 372 g/mol. The summed E-state index contributed by atoms with van der Waals surface area (Å²) >= 11 is 3.65. The van der Waals surface area contributed by atoms with Crippen LogP contribution in [0.5, 0.6) is 0 Å². The molecule has 2 fully saturated rings. The van der Waals surface area contributed by atoms with Crippen molar-refractivity contribution in [1.29, 1.82) is 0 Å². The van der Waals surface area contributed by atoms with Gasteiger partial charge < -0.3 is 9.80 Å². The number of amides is 1. The molecule has 1 amide bonds. The molecule has 2 aromatic rings. The van der Waals surface area contributed by atoms with Crippen molar-refractivity contribution in [3.8, 4) is 10.4 Å². The molecule has 4 heterocycles. The zero-order chi connectivity index (χ0) is 18.4. The van der Waals surface area contributed by atoms with Crippen molar-refractivity contribution < 1.29 is 4.79 Å². The van der Waals surface area contributed by atoms with Crippen LogP contribution in [0.2, 0.25) is 0 Å². The predicted octanol–water partition coefficient (Wildman–Crippen LogP) is 4.97. The zero-order valence-corrected chi connectivity index (χ0v) is 17.8. The van der Waals surface area contributed by atoms with Crippen molar-refractivity contribution in [2.24, 2.45) is 0 Å². The third-order valence-electron chi connectivity index (χ3n) is 6.48. The van der Waals surface area contributed by atoms with E-state index in [0.717, 1.165) is 43.6 Å². The lowest BCUT2D eigenvalue weighted by Gasteiger charge is -2.40. The van der Waals surface area contributed by atoms with Crippen molar-refractivity contribution in [3.63, 3.8) is 0 Å². The lowest BCUT2D eigenvalue weighted by Crippen LogP contribution is -2.48. The number of nitrogens with zero attached hydrogens (tertiary/aromatic N) is 2. The molecule has 27 heavy (non-hydrogen) atoms. The number of piperidine rings is 2. The maximum absolute atomic E-state index is 13.1. The average molecular weight is 401 g/mol. The van der Waals surface area contributed by atoms with Crippen LogP contribution in [-0.4, -0.2) is 47.9 Å². The SMILES string of the molecule is Cc1cc2c(s1)CCc1cc(C(=O)N3CCC(N4CCCCC4)CC3)sc1-2. The first-order valence-corrected chi connectivity index (χ1v) is 12.1. The van der Waals surface area contributed by atoms with E-state index in [1.165, 1.54) is 58.1 Å². The van der Waals surface area contributed by atoms with Crippen molar-refractivity contribution in [2.75, 3.05) is 26.2 Å². The van der Waals surface area contributed by atoms with E-state index in [1.54, 1.807) is 11.3 Å². The van der Waals surface area contributed by atoms with Gasteiger partial charge in [-0.3, -0.25) is 4.79 Å². The largest absolute Gasteiger partial charge is 0.338 e. The number of carbonyl (C=O) groups is 1. The van der Waals surface area contributed by atoms with Crippen molar-refractivity contribution in [1.82, 2.24) is 9.80 Å². The number of aryl methyl sites for hydroxylation is 3. The Kier molecular flexibility index (Phi) is 4.87. The normalized spacial score (nSPS) is 21.1. The van der Waals surface area contributed by atoms with Gasteiger partial charge >= 0.3 is 0 Å². The van der Waals surface area contributed by atoms with Gasteiger partial charge in [0.1, 0.15) is 0 Å². The number of thiophene rings is 2. The summed E-state index contributed by atoms with van der Waals surface area (Å²) in [5, 5.41) is 0. The fraction of sp³-hybridized carbons (Fsp3) is 0.591. The third-order valence-corrected chi connectivity index (χ3v) is 8.79. The van der Waals surface area contributed by atoms with E-state index in [-0.39, 0.29) is 5.91 Å². The highest BCUT2D eigenvalue weighted by atomic mass is 32.1. The monoisotopic (exact) mass is 400 g/mol. The fourth-order valence-electron chi connectivity index (χ4n) is 5.01. The van der Waals surface area contributed by atoms with Crippen LogP contribution in [0.3, 0.4) is 0 Å². The second-order valence-corrected chi connectivity index (χ2v) is 10.7. The average Bonchev–Trinajstić information content (AvgIpc) is 3.31. The first-order chi connectivity index (χ1) is 13.2. The minimum absolute atomic E-state index is 0.264. The molecule has 0 spiro atoms. The highest BCUT2D eigenvalue weighted by Gasteiger charge is 2.30. The molecule has 144 valence electrons. The second-order valence-electron chi connectivity index (χ2n) is 8.28. The second kappa shape index (κ2) is 7.34. The van der Waals surface area contributed by atoms with Gasteiger partial charge in [0, 0.05) is 39.3 Å². The molecule has 2 aliphatic heterocycles. The van der Waals surface area contributed by atoms with Crippen molar-refractivity contribution in [2.45, 2.75) is 57.9 Å². The van der Waals surface area contributed by atoms with E-state index in [9.17, 15) is 4.79 Å². The molecule has 0 aromatic carbocycles. The first kappa shape index (κ1) is 17.9. The lowest BCUT2D eigenvalue weighted by molar-refractivity contribution is 0.0594. The Morgan fingerprint density at radius 1 is 1.00 bits per heavy atom. The van der Waals surface area contributed by atoms with Crippen LogP contribution in [-0.2, 0) is 12.8 Å². The van der Waals surface area contributed by atoms with Crippen LogP contribution in [0.15, 0.2) is 12.1 Å². The minimum atomic E-state index is 0.264. The van der Waals surface area contributed by atoms with Crippen LogP contribution in [0.1, 0.15) is 57.1 Å². The van der Waals surface area contributed by atoms with Gasteiger partial charge in [-0.05, 0) is 76.2 Å². The molecule has 5 heteroatoms. The van der Waals surface area contributed by atoms with Gasteiger partial charge in [-0.1, -0.05) is 6.42 Å². The molecule has 0 atom stereocenters. The molecule has 0 saturated carbocycles. The van der Waals surface area contributed by atoms with Crippen LogP contribution >= 0.6 is 22.7 Å². The van der Waals surface area contributed by atoms with Gasteiger partial charge in [0.15, 0.2) is 0 Å². The van der Waals surface area contributed by atoms with Gasteiger partial charge in [-0.25, -0.2) is 0 Å². The molecule has 0 bridgehead atoms. The maximum atomic E-state index is 13.1. The summed E-state index contributed by atoms with van der Waals surface area (Å²) < 4.78 is 0. The van der Waals surface area contributed by atoms with Gasteiger partial charge in [-0.2, -0.15) is 0 Å². The van der Waals surface area contributed by atoms with E-state index in [1.807, 2.05) is 11.3 Å². The molecule has 0 unspecified atom stereocenters. The highest BCUT2D eigenvalue weighted by Crippen LogP contribution is 2.43. The van der Waals surface area contributed by atoms with E-state index in [0.29, 0.717) is 6.04 Å². The molecule has 3 nitrogen and oxygen atoms in total. The minimum Gasteiger partial charge on any atom is -0.338 e. The Labute approximate surface area is 170 Å². The maximum Gasteiger partial charge on any atom is 0.263 e. The number of rotatable bonds is 2. The van der Waals surface area contributed by atoms with Gasteiger partial charge in [0.25, 0.3) is 5.91 Å². The summed E-state index contributed by atoms with van der Waals surface area (Å²) in [6, 6.07) is 5.20. The Hall–Kier alpha value is -1.17. The number of carbonyl (C=O) groups excluding carboxylic acids is 1. The highest BCUT2D eigenvalue weighted by molar-refractivity contribution is 7.18. The van der Waals surface area contributed by atoms with E-state index in [2.05, 4.69) is 28.9 Å². The van der Waals surface area contributed by atoms with Crippen LogP contribution in [0.25, 0.3) is 10.4 Å². The van der Waals surface area contributed by atoms with Gasteiger partial charge in [0.05, 0.1) is 4.88 Å². The molecule has 0 N–H and O–H groups in total. The van der Waals surface area contributed by atoms with Crippen molar-refractivity contribution in [3.05, 3.63) is 32.3 Å². The van der Waals surface area contributed by atoms with E-state index < -0.39 is 0 Å². The molecular formula is C22H28N2OS2. The number of hydrogen-bond donors (Lipinski definition) is 0. The third kappa shape index (κ3) is 3.39. The summed E-state index contributed by atoms with van der Waals surface area (Å²) in [6.07, 6.45) is 8.60. The van der Waals surface area contributed by atoms with Crippen molar-refractivity contribution >= 4 is 28.6 Å². The van der Waals surface area contributed by atoms with Gasteiger partial charge in [0.2, 0.25) is 0 Å². The quantitative estimate of drug-likeness (QED) is 0.710. The fourth-order valence-corrected chi connectivity index (χ4v) is 7.34. The molecule has 3 aliphatic rings. The molecule has 1 aliphatic carbocycles. The number of likely N-dealkylation sites (tertiary alicyclic amines) is 2. The smallest absolute Gasteiger partial charge is 0.263 e. The molecule has 0 radical (unpaired) electrons. The Morgan fingerprint density at radius 3 is 2.56 bits per heavy atom. The van der Waals surface area contributed by atoms with Crippen LogP contribution in [0.4, 0.5) is 0 Å².